The molecule has 0 radical (unpaired) electrons. The Hall–Kier alpha value is -0.830. The molecule has 0 unspecified atom stereocenters. The Morgan fingerprint density at radius 3 is 2.50 bits per heavy atom. The lowest BCUT2D eigenvalue weighted by Gasteiger charge is -2.21. The summed E-state index contributed by atoms with van der Waals surface area (Å²) >= 11 is 0. The van der Waals surface area contributed by atoms with Crippen molar-refractivity contribution in [2.45, 2.75) is 46.7 Å². The third kappa shape index (κ3) is 2.35. The number of hydrogen-bond acceptors (Lipinski definition) is 2. The summed E-state index contributed by atoms with van der Waals surface area (Å²) in [5.41, 5.74) is 2.63. The van der Waals surface area contributed by atoms with Gasteiger partial charge >= 0.3 is 0 Å². The number of nitrogens with zero attached hydrogens (tertiary/aromatic N) is 2. The Bertz CT molecular complexity index is 294. The third-order valence-electron chi connectivity index (χ3n) is 2.31. The zero-order chi connectivity index (χ0) is 10.8. The molecule has 0 amide bonds. The highest BCUT2D eigenvalue weighted by Gasteiger charge is 2.17. The molecule has 1 aromatic rings. The predicted octanol–water partition coefficient (Wildman–Crippen LogP) is 2.06. The van der Waals surface area contributed by atoms with E-state index in [4.69, 9.17) is 0 Å². The second kappa shape index (κ2) is 4.13. The molecule has 1 aromatic heterocycles. The van der Waals surface area contributed by atoms with E-state index in [1.807, 2.05) is 6.20 Å². The van der Waals surface area contributed by atoms with Crippen molar-refractivity contribution in [1.82, 2.24) is 15.1 Å². The molecule has 80 valence electrons. The van der Waals surface area contributed by atoms with Gasteiger partial charge in [-0.15, -0.1) is 0 Å². The molecule has 0 aliphatic heterocycles. The van der Waals surface area contributed by atoms with Crippen LogP contribution in [0.2, 0.25) is 0 Å². The molecule has 0 aliphatic carbocycles. The minimum Gasteiger partial charge on any atom is -0.313 e. The van der Waals surface area contributed by atoms with Gasteiger partial charge in [-0.25, -0.2) is 0 Å². The van der Waals surface area contributed by atoms with Crippen molar-refractivity contribution < 1.29 is 0 Å². The number of rotatable bonds is 3. The van der Waals surface area contributed by atoms with Crippen molar-refractivity contribution in [3.8, 4) is 0 Å². The molecule has 3 heteroatoms. The first-order chi connectivity index (χ1) is 6.46. The molecule has 1 N–H and O–H groups in total. The zero-order valence-electron chi connectivity index (χ0n) is 9.89. The van der Waals surface area contributed by atoms with Crippen LogP contribution in [0.3, 0.4) is 0 Å². The van der Waals surface area contributed by atoms with E-state index in [0.29, 0.717) is 0 Å². The van der Waals surface area contributed by atoms with Crippen LogP contribution in [0.5, 0.6) is 0 Å². The van der Waals surface area contributed by atoms with Gasteiger partial charge in [-0.1, -0.05) is 6.92 Å². The van der Waals surface area contributed by atoms with Gasteiger partial charge in [0.15, 0.2) is 0 Å². The van der Waals surface area contributed by atoms with Crippen molar-refractivity contribution in [1.29, 1.82) is 0 Å². The summed E-state index contributed by atoms with van der Waals surface area (Å²) in [6, 6.07) is 0. The van der Waals surface area contributed by atoms with Crippen LogP contribution >= 0.6 is 0 Å². The lowest BCUT2D eigenvalue weighted by molar-refractivity contribution is 0.347. The van der Waals surface area contributed by atoms with Gasteiger partial charge in [-0.3, -0.25) is 4.68 Å². The summed E-state index contributed by atoms with van der Waals surface area (Å²) in [5.74, 6) is 0. The van der Waals surface area contributed by atoms with Crippen molar-refractivity contribution in [3.63, 3.8) is 0 Å². The molecule has 3 nitrogen and oxygen atoms in total. The standard InChI is InChI=1S/C11H21N3/c1-6-12-7-10-8-13-14(9(10)2)11(3,4)5/h8,12H,6-7H2,1-5H3. The molecule has 1 heterocycles. The summed E-state index contributed by atoms with van der Waals surface area (Å²) in [4.78, 5) is 0. The highest BCUT2D eigenvalue weighted by molar-refractivity contribution is 5.17. The van der Waals surface area contributed by atoms with Gasteiger partial charge in [0.25, 0.3) is 0 Å². The SMILES string of the molecule is CCNCc1cnn(C(C)(C)C)c1C. The summed E-state index contributed by atoms with van der Waals surface area (Å²) < 4.78 is 2.08. The smallest absolute Gasteiger partial charge is 0.0546 e. The average molecular weight is 195 g/mol. The summed E-state index contributed by atoms with van der Waals surface area (Å²) in [6.45, 7) is 12.7. The number of nitrogens with one attached hydrogen (secondary N) is 1. The van der Waals surface area contributed by atoms with E-state index in [1.165, 1.54) is 11.3 Å². The third-order valence-corrected chi connectivity index (χ3v) is 2.31. The molecule has 0 saturated carbocycles. The molecule has 0 aliphatic rings. The highest BCUT2D eigenvalue weighted by Crippen LogP contribution is 2.17. The van der Waals surface area contributed by atoms with Gasteiger partial charge in [0, 0.05) is 17.8 Å². The average Bonchev–Trinajstić information content (AvgIpc) is 2.42. The molecule has 0 spiro atoms. The van der Waals surface area contributed by atoms with Crippen molar-refractivity contribution >= 4 is 0 Å². The lowest BCUT2D eigenvalue weighted by Crippen LogP contribution is -2.24. The Morgan fingerprint density at radius 1 is 1.43 bits per heavy atom. The first-order valence-corrected chi connectivity index (χ1v) is 5.21. The van der Waals surface area contributed by atoms with Crippen molar-refractivity contribution in [2.75, 3.05) is 6.54 Å². The molecule has 0 bridgehead atoms. The molecular formula is C11H21N3. The fourth-order valence-corrected chi connectivity index (χ4v) is 1.55. The second-order valence-corrected chi connectivity index (χ2v) is 4.62. The lowest BCUT2D eigenvalue weighted by atomic mass is 10.1. The minimum absolute atomic E-state index is 0.0779. The molecule has 1 rings (SSSR count). The maximum atomic E-state index is 4.42. The normalized spacial score (nSPS) is 12.1. The predicted molar refractivity (Wildman–Crippen MR) is 59.3 cm³/mol. The van der Waals surface area contributed by atoms with Crippen molar-refractivity contribution in [2.24, 2.45) is 0 Å². The highest BCUT2D eigenvalue weighted by atomic mass is 15.3. The van der Waals surface area contributed by atoms with Gasteiger partial charge < -0.3 is 5.32 Å². The first kappa shape index (κ1) is 11.2. The Kier molecular flexibility index (Phi) is 3.32. The fraction of sp³-hybridized carbons (Fsp3) is 0.727. The largest absolute Gasteiger partial charge is 0.313 e. The number of aromatic nitrogens is 2. The minimum atomic E-state index is 0.0779. The van der Waals surface area contributed by atoms with E-state index >= 15 is 0 Å². The first-order valence-electron chi connectivity index (χ1n) is 5.21. The van der Waals surface area contributed by atoms with E-state index in [0.717, 1.165) is 13.1 Å². The van der Waals surface area contributed by atoms with E-state index in [9.17, 15) is 0 Å². The van der Waals surface area contributed by atoms with Gasteiger partial charge in [-0.05, 0) is 34.2 Å². The monoisotopic (exact) mass is 195 g/mol. The second-order valence-electron chi connectivity index (χ2n) is 4.62. The zero-order valence-corrected chi connectivity index (χ0v) is 9.89. The quantitative estimate of drug-likeness (QED) is 0.800. The molecule has 0 aromatic carbocycles. The maximum absolute atomic E-state index is 4.42. The van der Waals surface area contributed by atoms with Crippen LogP contribution < -0.4 is 5.32 Å². The maximum Gasteiger partial charge on any atom is 0.0546 e. The Balaban J connectivity index is 2.86. The molecular weight excluding hydrogens is 174 g/mol. The summed E-state index contributed by atoms with van der Waals surface area (Å²) in [7, 11) is 0. The summed E-state index contributed by atoms with van der Waals surface area (Å²) in [5, 5.41) is 7.73. The van der Waals surface area contributed by atoms with E-state index in [2.05, 4.69) is 49.7 Å². The van der Waals surface area contributed by atoms with Gasteiger partial charge in [0.05, 0.1) is 11.7 Å². The van der Waals surface area contributed by atoms with Crippen LogP contribution in [-0.2, 0) is 12.1 Å². The molecule has 0 fully saturated rings. The van der Waals surface area contributed by atoms with Crippen LogP contribution in [0.4, 0.5) is 0 Å². The van der Waals surface area contributed by atoms with E-state index in [-0.39, 0.29) is 5.54 Å². The Labute approximate surface area is 86.5 Å². The summed E-state index contributed by atoms with van der Waals surface area (Å²) in [6.07, 6.45) is 1.96. The van der Waals surface area contributed by atoms with Crippen LogP contribution in [0, 0.1) is 6.92 Å². The van der Waals surface area contributed by atoms with Crippen LogP contribution in [0.25, 0.3) is 0 Å². The van der Waals surface area contributed by atoms with Gasteiger partial charge in [0.2, 0.25) is 0 Å². The van der Waals surface area contributed by atoms with Crippen molar-refractivity contribution in [3.05, 3.63) is 17.5 Å². The van der Waals surface area contributed by atoms with Crippen LogP contribution in [0.1, 0.15) is 39.0 Å². The van der Waals surface area contributed by atoms with Gasteiger partial charge in [-0.2, -0.15) is 5.10 Å². The van der Waals surface area contributed by atoms with E-state index in [1.54, 1.807) is 0 Å². The molecule has 0 saturated heterocycles. The molecule has 0 atom stereocenters. The van der Waals surface area contributed by atoms with Crippen LogP contribution in [0.15, 0.2) is 6.20 Å². The topological polar surface area (TPSA) is 29.9 Å². The Morgan fingerprint density at radius 2 is 2.07 bits per heavy atom. The van der Waals surface area contributed by atoms with E-state index < -0.39 is 0 Å². The molecule has 14 heavy (non-hydrogen) atoms. The van der Waals surface area contributed by atoms with Gasteiger partial charge in [0.1, 0.15) is 0 Å². The van der Waals surface area contributed by atoms with Crippen LogP contribution in [-0.4, -0.2) is 16.3 Å². The number of hydrogen-bond donors (Lipinski definition) is 1. The fourth-order valence-electron chi connectivity index (χ4n) is 1.55.